The van der Waals surface area contributed by atoms with Crippen molar-refractivity contribution in [2.45, 2.75) is 37.5 Å². The number of hydrogen-bond donors (Lipinski definition) is 1. The highest BCUT2D eigenvalue weighted by Crippen LogP contribution is 2.27. The van der Waals surface area contributed by atoms with Gasteiger partial charge in [-0.3, -0.25) is 15.2 Å². The Balaban J connectivity index is 1.55. The lowest BCUT2D eigenvalue weighted by Gasteiger charge is -2.31. The molecule has 1 atom stereocenters. The van der Waals surface area contributed by atoms with E-state index in [9.17, 15) is 13.2 Å². The molecule has 7 nitrogen and oxygen atoms in total. The Labute approximate surface area is 172 Å². The van der Waals surface area contributed by atoms with Crippen molar-refractivity contribution >= 4 is 21.6 Å². The molecule has 8 heteroatoms. The van der Waals surface area contributed by atoms with Crippen molar-refractivity contribution in [2.75, 3.05) is 24.6 Å². The number of anilines is 1. The number of nitrogens with zero attached hydrogens (tertiary/aromatic N) is 3. The predicted octanol–water partition coefficient (Wildman–Crippen LogP) is 2.54. The van der Waals surface area contributed by atoms with E-state index in [1.807, 2.05) is 23.2 Å². The number of piperidine rings is 1. The van der Waals surface area contributed by atoms with Crippen LogP contribution in [0, 0.1) is 5.92 Å². The smallest absolute Gasteiger partial charge is 0.286 e. The number of carbonyl (C=O) groups excluding carboxylic acids is 1. The topological polar surface area (TPSA) is 74.7 Å². The van der Waals surface area contributed by atoms with Crippen LogP contribution in [-0.2, 0) is 23.5 Å². The first-order chi connectivity index (χ1) is 13.9. The summed E-state index contributed by atoms with van der Waals surface area (Å²) in [5, 5.41) is 1.86. The molecule has 1 fully saturated rings. The van der Waals surface area contributed by atoms with Gasteiger partial charge in [-0.05, 0) is 49.3 Å². The van der Waals surface area contributed by atoms with Crippen molar-refractivity contribution < 1.29 is 13.2 Å². The molecule has 2 aliphatic heterocycles. The second kappa shape index (κ2) is 7.84. The summed E-state index contributed by atoms with van der Waals surface area (Å²) in [5.74, 6) is 0.0434. The summed E-state index contributed by atoms with van der Waals surface area (Å²) in [6, 6.07) is 9.50. The number of aryl methyl sites for hydroxylation is 2. The summed E-state index contributed by atoms with van der Waals surface area (Å²) >= 11 is 0. The van der Waals surface area contributed by atoms with Gasteiger partial charge < -0.3 is 4.57 Å². The zero-order chi connectivity index (χ0) is 20.6. The molecule has 2 aliphatic rings. The average molecular weight is 417 g/mol. The quantitative estimate of drug-likeness (QED) is 0.831. The third kappa shape index (κ3) is 3.91. The van der Waals surface area contributed by atoms with Crippen LogP contribution in [0.25, 0.3) is 0 Å². The van der Waals surface area contributed by atoms with E-state index in [4.69, 9.17) is 0 Å². The Hall–Kier alpha value is -2.32. The molecule has 1 aromatic carbocycles. The first-order valence-corrected chi connectivity index (χ1v) is 11.6. The van der Waals surface area contributed by atoms with Crippen LogP contribution < -0.4 is 10.4 Å². The minimum Gasteiger partial charge on any atom is -0.345 e. The fourth-order valence-electron chi connectivity index (χ4n) is 4.24. The molecule has 156 valence electrons. The molecule has 0 saturated carbocycles. The summed E-state index contributed by atoms with van der Waals surface area (Å²) in [4.78, 5) is 13.1. The number of para-hydroxylation sites is 1. The van der Waals surface area contributed by atoms with Crippen LogP contribution in [0.1, 0.15) is 42.2 Å². The number of nitrogens with one attached hydrogen (secondary N) is 1. The van der Waals surface area contributed by atoms with E-state index in [-0.39, 0.29) is 10.8 Å². The maximum absolute atomic E-state index is 13.0. The van der Waals surface area contributed by atoms with Crippen LogP contribution in [0.15, 0.2) is 41.4 Å². The summed E-state index contributed by atoms with van der Waals surface area (Å²) in [7, 11) is -1.89. The van der Waals surface area contributed by atoms with Crippen LogP contribution in [0.2, 0.25) is 0 Å². The minimum atomic E-state index is -3.59. The number of carbonyl (C=O) groups is 1. The zero-order valence-corrected chi connectivity index (χ0v) is 17.8. The molecular formula is C21H28N4O3S. The molecule has 0 spiro atoms. The van der Waals surface area contributed by atoms with Crippen molar-refractivity contribution in [3.8, 4) is 0 Å². The van der Waals surface area contributed by atoms with Gasteiger partial charge in [-0.15, -0.1) is 0 Å². The molecule has 0 aliphatic carbocycles. The highest BCUT2D eigenvalue weighted by molar-refractivity contribution is 7.89. The molecule has 4 rings (SSSR count). The van der Waals surface area contributed by atoms with Crippen LogP contribution in [-0.4, -0.2) is 42.8 Å². The SMILES string of the molecule is CC1CCCN(S(=O)(=O)c2cc(C(=O)NN3CCCc4ccccc43)n(C)c2)C1. The molecule has 1 aromatic heterocycles. The largest absolute Gasteiger partial charge is 0.345 e. The fourth-order valence-corrected chi connectivity index (χ4v) is 5.91. The van der Waals surface area contributed by atoms with E-state index < -0.39 is 10.0 Å². The van der Waals surface area contributed by atoms with E-state index in [0.29, 0.717) is 24.7 Å². The van der Waals surface area contributed by atoms with E-state index in [1.54, 1.807) is 15.9 Å². The van der Waals surface area contributed by atoms with Gasteiger partial charge in [0.2, 0.25) is 10.0 Å². The predicted molar refractivity (Wildman–Crippen MR) is 112 cm³/mol. The van der Waals surface area contributed by atoms with Gasteiger partial charge in [0.25, 0.3) is 5.91 Å². The number of hydrogen-bond acceptors (Lipinski definition) is 4. The summed E-state index contributed by atoms with van der Waals surface area (Å²) in [5.41, 5.74) is 5.48. The Bertz CT molecular complexity index is 1010. The highest BCUT2D eigenvalue weighted by atomic mass is 32.2. The van der Waals surface area contributed by atoms with Crippen LogP contribution in [0.4, 0.5) is 5.69 Å². The molecule has 2 aromatic rings. The van der Waals surface area contributed by atoms with Crippen molar-refractivity contribution in [1.29, 1.82) is 0 Å². The number of sulfonamides is 1. The summed E-state index contributed by atoms with van der Waals surface area (Å²) in [6.45, 7) is 3.86. The van der Waals surface area contributed by atoms with Crippen LogP contribution in [0.5, 0.6) is 0 Å². The normalized spacial score (nSPS) is 20.3. The van der Waals surface area contributed by atoms with Gasteiger partial charge in [0.1, 0.15) is 10.6 Å². The number of amides is 1. The van der Waals surface area contributed by atoms with Gasteiger partial charge in [-0.25, -0.2) is 8.42 Å². The standard InChI is InChI=1S/C21H28N4O3S/c1-16-7-5-11-24(14-16)29(27,28)18-13-20(23(2)15-18)21(26)22-25-12-6-9-17-8-3-4-10-19(17)25/h3-4,8,10,13,15-16H,5-7,9,11-12,14H2,1-2H3,(H,22,26). The van der Waals surface area contributed by atoms with E-state index in [0.717, 1.165) is 37.9 Å². The Kier molecular flexibility index (Phi) is 5.40. The number of rotatable bonds is 4. The van der Waals surface area contributed by atoms with Crippen molar-refractivity contribution in [1.82, 2.24) is 14.3 Å². The maximum Gasteiger partial charge on any atom is 0.286 e. The van der Waals surface area contributed by atoms with Gasteiger partial charge >= 0.3 is 0 Å². The fraction of sp³-hybridized carbons (Fsp3) is 0.476. The van der Waals surface area contributed by atoms with Gasteiger partial charge in [-0.2, -0.15) is 4.31 Å². The molecule has 0 radical (unpaired) electrons. The minimum absolute atomic E-state index is 0.179. The Morgan fingerprint density at radius 3 is 2.76 bits per heavy atom. The lowest BCUT2D eigenvalue weighted by molar-refractivity contribution is 0.0940. The van der Waals surface area contributed by atoms with Gasteiger partial charge in [0, 0.05) is 32.9 Å². The van der Waals surface area contributed by atoms with Gasteiger partial charge in [0.05, 0.1) is 5.69 Å². The molecule has 1 N–H and O–H groups in total. The van der Waals surface area contributed by atoms with E-state index in [2.05, 4.69) is 18.4 Å². The Morgan fingerprint density at radius 2 is 1.97 bits per heavy atom. The first-order valence-electron chi connectivity index (χ1n) is 10.2. The maximum atomic E-state index is 13.0. The molecule has 0 bridgehead atoms. The third-order valence-corrected chi connectivity index (χ3v) is 7.65. The second-order valence-electron chi connectivity index (χ2n) is 8.11. The lowest BCUT2D eigenvalue weighted by atomic mass is 10.0. The van der Waals surface area contributed by atoms with Gasteiger partial charge in [0.15, 0.2) is 0 Å². The molecule has 1 saturated heterocycles. The van der Waals surface area contributed by atoms with Gasteiger partial charge in [-0.1, -0.05) is 25.1 Å². The van der Waals surface area contributed by atoms with Crippen LogP contribution >= 0.6 is 0 Å². The molecule has 3 heterocycles. The molecule has 1 amide bonds. The van der Waals surface area contributed by atoms with Crippen molar-refractivity contribution in [3.63, 3.8) is 0 Å². The zero-order valence-electron chi connectivity index (χ0n) is 17.0. The lowest BCUT2D eigenvalue weighted by Crippen LogP contribution is -2.45. The number of fused-ring (bicyclic) bond motifs is 1. The van der Waals surface area contributed by atoms with E-state index in [1.165, 1.54) is 17.8 Å². The monoisotopic (exact) mass is 416 g/mol. The summed E-state index contributed by atoms with van der Waals surface area (Å²) < 4.78 is 29.2. The average Bonchev–Trinajstić information content (AvgIpc) is 3.11. The summed E-state index contributed by atoms with van der Waals surface area (Å²) in [6.07, 6.45) is 5.40. The molecule has 1 unspecified atom stereocenters. The van der Waals surface area contributed by atoms with Crippen LogP contribution in [0.3, 0.4) is 0 Å². The van der Waals surface area contributed by atoms with Crippen molar-refractivity contribution in [2.24, 2.45) is 13.0 Å². The number of hydrazine groups is 1. The number of benzene rings is 1. The van der Waals surface area contributed by atoms with E-state index >= 15 is 0 Å². The Morgan fingerprint density at radius 1 is 1.17 bits per heavy atom. The first kappa shape index (κ1) is 20.0. The number of aromatic nitrogens is 1. The third-order valence-electron chi connectivity index (χ3n) is 5.82. The molecule has 29 heavy (non-hydrogen) atoms. The highest BCUT2D eigenvalue weighted by Gasteiger charge is 2.31. The molecular weight excluding hydrogens is 388 g/mol. The second-order valence-corrected chi connectivity index (χ2v) is 10.0. The van der Waals surface area contributed by atoms with Crippen molar-refractivity contribution in [3.05, 3.63) is 47.8 Å².